The molecule has 3 aromatic rings. The molecule has 0 aliphatic rings. The second-order valence-electron chi connectivity index (χ2n) is 9.28. The molecule has 3 aromatic carbocycles. The Balaban J connectivity index is 2.09. The topological polar surface area (TPSA) is 86.8 Å². The van der Waals surface area contributed by atoms with E-state index in [1.54, 1.807) is 19.1 Å². The molecule has 1 unspecified atom stereocenters. The van der Waals surface area contributed by atoms with Crippen molar-refractivity contribution in [2.24, 2.45) is 0 Å². The van der Waals surface area contributed by atoms with Crippen molar-refractivity contribution in [1.29, 1.82) is 0 Å². The van der Waals surface area contributed by atoms with Gasteiger partial charge in [0, 0.05) is 18.1 Å². The molecule has 2 amide bonds. The van der Waals surface area contributed by atoms with Crippen molar-refractivity contribution < 1.29 is 22.4 Å². The van der Waals surface area contributed by atoms with Crippen LogP contribution < -0.4 is 9.62 Å². The molecule has 7 nitrogen and oxygen atoms in total. The first kappa shape index (κ1) is 31.4. The molecule has 0 saturated heterocycles. The highest BCUT2D eigenvalue weighted by atomic mass is 35.5. The van der Waals surface area contributed by atoms with Gasteiger partial charge in [0.25, 0.3) is 10.0 Å². The van der Waals surface area contributed by atoms with Gasteiger partial charge >= 0.3 is 0 Å². The summed E-state index contributed by atoms with van der Waals surface area (Å²) in [7, 11) is -4.29. The van der Waals surface area contributed by atoms with Crippen LogP contribution in [-0.4, -0.2) is 44.3 Å². The molecule has 0 saturated carbocycles. The number of carbonyl (C=O) groups is 2. The van der Waals surface area contributed by atoms with Crippen LogP contribution in [0.25, 0.3) is 0 Å². The van der Waals surface area contributed by atoms with Crippen LogP contribution in [0.5, 0.6) is 0 Å². The lowest BCUT2D eigenvalue weighted by atomic mass is 10.1. The highest BCUT2D eigenvalue weighted by molar-refractivity contribution is 7.92. The number of hydrogen-bond acceptors (Lipinski definition) is 4. The van der Waals surface area contributed by atoms with Crippen LogP contribution in [0, 0.1) is 12.7 Å². The molecular weight excluding hydrogens is 576 g/mol. The van der Waals surface area contributed by atoms with Gasteiger partial charge in [0.05, 0.1) is 15.6 Å². The average molecular weight is 609 g/mol. The van der Waals surface area contributed by atoms with Gasteiger partial charge in [0.15, 0.2) is 0 Å². The highest BCUT2D eigenvalue weighted by Gasteiger charge is 2.34. The van der Waals surface area contributed by atoms with Crippen LogP contribution in [-0.2, 0) is 26.2 Å². The van der Waals surface area contributed by atoms with Crippen molar-refractivity contribution in [3.63, 3.8) is 0 Å². The lowest BCUT2D eigenvalue weighted by Crippen LogP contribution is -2.52. The molecule has 214 valence electrons. The minimum Gasteiger partial charge on any atom is -0.354 e. The summed E-state index contributed by atoms with van der Waals surface area (Å²) in [6.07, 6.45) is 0.967. The van der Waals surface area contributed by atoms with Crippen LogP contribution in [0.2, 0.25) is 10.0 Å². The molecule has 0 aliphatic heterocycles. The van der Waals surface area contributed by atoms with Gasteiger partial charge in [-0.15, -0.1) is 0 Å². The fourth-order valence-corrected chi connectivity index (χ4v) is 5.96. The van der Waals surface area contributed by atoms with Crippen molar-refractivity contribution in [2.75, 3.05) is 17.4 Å². The Labute approximate surface area is 244 Å². The third-order valence-electron chi connectivity index (χ3n) is 6.27. The quantitative estimate of drug-likeness (QED) is 0.275. The summed E-state index contributed by atoms with van der Waals surface area (Å²) in [6, 6.07) is 15.2. The van der Waals surface area contributed by atoms with Gasteiger partial charge in [-0.05, 0) is 67.8 Å². The molecule has 0 spiro atoms. The number of nitrogens with one attached hydrogen (secondary N) is 1. The number of benzene rings is 3. The Morgan fingerprint density at radius 1 is 0.975 bits per heavy atom. The first-order valence-electron chi connectivity index (χ1n) is 12.8. The van der Waals surface area contributed by atoms with Gasteiger partial charge in [0.1, 0.15) is 18.4 Å². The van der Waals surface area contributed by atoms with E-state index in [1.165, 1.54) is 59.5 Å². The molecule has 3 rings (SSSR count). The van der Waals surface area contributed by atoms with Gasteiger partial charge in [-0.2, -0.15) is 0 Å². The number of aryl methyl sites for hydroxylation is 1. The monoisotopic (exact) mass is 607 g/mol. The highest BCUT2D eigenvalue weighted by Crippen LogP contribution is 2.33. The van der Waals surface area contributed by atoms with Crippen LogP contribution in [0.4, 0.5) is 10.1 Å². The van der Waals surface area contributed by atoms with Crippen LogP contribution in [0.3, 0.4) is 0 Å². The first-order chi connectivity index (χ1) is 19.0. The van der Waals surface area contributed by atoms with Crippen LogP contribution in [0.15, 0.2) is 71.6 Å². The summed E-state index contributed by atoms with van der Waals surface area (Å²) in [4.78, 5) is 28.4. The van der Waals surface area contributed by atoms with E-state index in [0.717, 1.165) is 9.87 Å². The summed E-state index contributed by atoms with van der Waals surface area (Å²) in [5.41, 5.74) is 1.45. The minimum absolute atomic E-state index is 0.0216. The number of anilines is 1. The third kappa shape index (κ3) is 7.74. The maximum atomic E-state index is 14.0. The first-order valence-corrected chi connectivity index (χ1v) is 15.0. The van der Waals surface area contributed by atoms with E-state index >= 15 is 0 Å². The van der Waals surface area contributed by atoms with Crippen molar-refractivity contribution in [3.8, 4) is 0 Å². The smallest absolute Gasteiger partial charge is 0.264 e. The Bertz CT molecular complexity index is 1430. The number of amides is 2. The minimum atomic E-state index is -4.29. The molecule has 1 atom stereocenters. The predicted molar refractivity (Wildman–Crippen MR) is 157 cm³/mol. The molecule has 11 heteroatoms. The zero-order valence-corrected chi connectivity index (χ0v) is 24.9. The van der Waals surface area contributed by atoms with E-state index in [4.69, 9.17) is 23.2 Å². The average Bonchev–Trinajstić information content (AvgIpc) is 2.93. The third-order valence-corrected chi connectivity index (χ3v) is 8.59. The molecule has 1 N–H and O–H groups in total. The molecule has 0 bridgehead atoms. The SMILES string of the molecule is CCCNC(=O)C(CC)N(Cc1ccc(F)cc1)C(=O)CN(c1cc(Cl)ccc1Cl)S(=O)(=O)c1ccc(C)cc1. The molecular formula is C29H32Cl2FN3O4S. The second-order valence-corrected chi connectivity index (χ2v) is 12.0. The summed E-state index contributed by atoms with van der Waals surface area (Å²) in [6.45, 7) is 5.21. The van der Waals surface area contributed by atoms with E-state index in [1.807, 2.05) is 13.8 Å². The fraction of sp³-hybridized carbons (Fsp3) is 0.310. The maximum Gasteiger partial charge on any atom is 0.264 e. The van der Waals surface area contributed by atoms with Gasteiger partial charge < -0.3 is 10.2 Å². The van der Waals surface area contributed by atoms with E-state index in [-0.39, 0.29) is 39.5 Å². The van der Waals surface area contributed by atoms with Gasteiger partial charge in [0.2, 0.25) is 11.8 Å². The largest absolute Gasteiger partial charge is 0.354 e. The Kier molecular flexibility index (Phi) is 11.0. The van der Waals surface area contributed by atoms with E-state index < -0.39 is 34.3 Å². The number of nitrogens with zero attached hydrogens (tertiary/aromatic N) is 2. The normalized spacial score (nSPS) is 12.1. The number of carbonyl (C=O) groups excluding carboxylic acids is 2. The fourth-order valence-electron chi connectivity index (χ4n) is 4.10. The lowest BCUT2D eigenvalue weighted by Gasteiger charge is -2.33. The zero-order valence-electron chi connectivity index (χ0n) is 22.5. The molecule has 0 radical (unpaired) electrons. The molecule has 0 aliphatic carbocycles. The van der Waals surface area contributed by atoms with E-state index in [2.05, 4.69) is 5.32 Å². The zero-order chi connectivity index (χ0) is 29.4. The number of hydrogen-bond donors (Lipinski definition) is 1. The van der Waals surface area contributed by atoms with E-state index in [9.17, 15) is 22.4 Å². The summed E-state index contributed by atoms with van der Waals surface area (Å²) in [5.74, 6) is -1.46. The van der Waals surface area contributed by atoms with Crippen molar-refractivity contribution in [2.45, 2.75) is 51.1 Å². The second kappa shape index (κ2) is 14.0. The Morgan fingerprint density at radius 2 is 1.62 bits per heavy atom. The van der Waals surface area contributed by atoms with Gasteiger partial charge in [-0.25, -0.2) is 12.8 Å². The van der Waals surface area contributed by atoms with Gasteiger partial charge in [-0.3, -0.25) is 13.9 Å². The molecule has 0 aromatic heterocycles. The van der Waals surface area contributed by atoms with Gasteiger partial charge in [-0.1, -0.05) is 66.9 Å². The summed E-state index contributed by atoms with van der Waals surface area (Å²) >= 11 is 12.6. The molecule has 0 heterocycles. The lowest BCUT2D eigenvalue weighted by molar-refractivity contribution is -0.140. The maximum absolute atomic E-state index is 14.0. The number of sulfonamides is 1. The Morgan fingerprint density at radius 3 is 2.23 bits per heavy atom. The van der Waals surface area contributed by atoms with Crippen molar-refractivity contribution in [3.05, 3.63) is 93.7 Å². The number of halogens is 3. The van der Waals surface area contributed by atoms with Crippen LogP contribution in [0.1, 0.15) is 37.8 Å². The standard InChI is InChI=1S/C29H32Cl2FN3O4S/c1-4-16-33-29(37)26(5-2)34(18-21-8-11-23(32)12-9-21)28(36)19-35(27-17-22(30)10-15-25(27)31)40(38,39)24-13-6-20(3)7-14-24/h6-15,17,26H,4-5,16,18-19H2,1-3H3,(H,33,37). The van der Waals surface area contributed by atoms with Crippen molar-refractivity contribution >= 4 is 50.7 Å². The molecule has 40 heavy (non-hydrogen) atoms. The Hall–Kier alpha value is -3.14. The van der Waals surface area contributed by atoms with E-state index in [0.29, 0.717) is 18.5 Å². The number of rotatable bonds is 12. The summed E-state index contributed by atoms with van der Waals surface area (Å²) in [5, 5.41) is 3.11. The molecule has 0 fully saturated rings. The predicted octanol–water partition coefficient (Wildman–Crippen LogP) is 5.97. The van der Waals surface area contributed by atoms with Crippen molar-refractivity contribution in [1.82, 2.24) is 10.2 Å². The van der Waals surface area contributed by atoms with Crippen LogP contribution >= 0.6 is 23.2 Å². The summed E-state index contributed by atoms with van der Waals surface area (Å²) < 4.78 is 42.3.